The van der Waals surface area contributed by atoms with E-state index >= 15 is 0 Å². The number of rotatable bonds is 7. The van der Waals surface area contributed by atoms with Crippen molar-refractivity contribution in [3.63, 3.8) is 0 Å². The lowest BCUT2D eigenvalue weighted by Crippen LogP contribution is -2.00. The van der Waals surface area contributed by atoms with E-state index in [9.17, 15) is 4.57 Å². The van der Waals surface area contributed by atoms with Gasteiger partial charge in [0.05, 0.1) is 0 Å². The van der Waals surface area contributed by atoms with E-state index in [0.29, 0.717) is 12.8 Å². The third-order valence-electron chi connectivity index (χ3n) is 1.84. The Morgan fingerprint density at radius 3 is 2.31 bits per heavy atom. The van der Waals surface area contributed by atoms with Crippen LogP contribution in [0.15, 0.2) is 0 Å². The fraction of sp³-hybridized carbons (Fsp3) is 1.00. The first-order valence-corrected chi connectivity index (χ1v) is 6.87. The molecule has 0 aliphatic heterocycles. The fourth-order valence-electron chi connectivity index (χ4n) is 1.09. The van der Waals surface area contributed by atoms with Crippen molar-refractivity contribution in [1.29, 1.82) is 0 Å². The molecule has 0 saturated heterocycles. The van der Waals surface area contributed by atoms with Crippen molar-refractivity contribution in [2.45, 2.75) is 44.4 Å². The van der Waals surface area contributed by atoms with Crippen molar-refractivity contribution in [1.82, 2.24) is 0 Å². The summed E-state index contributed by atoms with van der Waals surface area (Å²) in [5, 5.41) is 0.0755. The predicted octanol–water partition coefficient (Wildman–Crippen LogP) is 2.74. The van der Waals surface area contributed by atoms with E-state index in [2.05, 4.69) is 6.92 Å². The summed E-state index contributed by atoms with van der Waals surface area (Å²) in [6.07, 6.45) is 4.32. The third-order valence-corrected chi connectivity index (χ3v) is 3.17. The molecule has 1 atom stereocenters. The van der Waals surface area contributed by atoms with Gasteiger partial charge in [-0.3, -0.25) is 4.57 Å². The van der Waals surface area contributed by atoms with Gasteiger partial charge in [0, 0.05) is 11.5 Å². The molecule has 0 aliphatic carbocycles. The Bertz CT molecular complexity index is 169. The van der Waals surface area contributed by atoms with Crippen LogP contribution in [-0.2, 0) is 4.57 Å². The molecule has 0 aromatic rings. The van der Waals surface area contributed by atoms with Gasteiger partial charge in [0.15, 0.2) is 0 Å². The quantitative estimate of drug-likeness (QED) is 0.520. The second-order valence-corrected chi connectivity index (χ2v) is 5.66. The lowest BCUT2D eigenvalue weighted by molar-refractivity contribution is 0.370. The molecule has 0 aromatic carbocycles. The van der Waals surface area contributed by atoms with E-state index < -0.39 is 7.60 Å². The van der Waals surface area contributed by atoms with E-state index in [-0.39, 0.29) is 11.5 Å². The van der Waals surface area contributed by atoms with Crippen LogP contribution in [0.2, 0.25) is 0 Å². The van der Waals surface area contributed by atoms with Crippen LogP contribution in [0.3, 0.4) is 0 Å². The maximum absolute atomic E-state index is 10.5. The van der Waals surface area contributed by atoms with Gasteiger partial charge in [-0.2, -0.15) is 0 Å². The van der Waals surface area contributed by atoms with Crippen LogP contribution in [0.25, 0.3) is 0 Å². The Morgan fingerprint density at radius 1 is 1.31 bits per heavy atom. The molecule has 3 nitrogen and oxygen atoms in total. The number of unbranched alkanes of at least 4 members (excludes halogenated alkanes) is 1. The van der Waals surface area contributed by atoms with Crippen molar-refractivity contribution in [2.24, 2.45) is 0 Å². The maximum atomic E-state index is 10.5. The van der Waals surface area contributed by atoms with Gasteiger partial charge in [0.1, 0.15) is 0 Å². The summed E-state index contributed by atoms with van der Waals surface area (Å²) in [4.78, 5) is 17.1. The van der Waals surface area contributed by atoms with Crippen LogP contribution < -0.4 is 0 Å². The summed E-state index contributed by atoms with van der Waals surface area (Å²) in [6, 6.07) is 0. The summed E-state index contributed by atoms with van der Waals surface area (Å²) < 4.78 is 10.5. The zero-order valence-electron chi connectivity index (χ0n) is 7.95. The summed E-state index contributed by atoms with van der Waals surface area (Å²) >= 11 is 5.94. The Morgan fingerprint density at radius 2 is 1.85 bits per heavy atom. The smallest absolute Gasteiger partial charge is 0.324 e. The van der Waals surface area contributed by atoms with Crippen LogP contribution in [0.4, 0.5) is 0 Å². The number of alkyl halides is 1. The third kappa shape index (κ3) is 10.4. The molecule has 80 valence electrons. The minimum Gasteiger partial charge on any atom is -0.324 e. The molecular weight excluding hydrogens is 211 g/mol. The molecule has 13 heavy (non-hydrogen) atoms. The first-order valence-electron chi connectivity index (χ1n) is 4.64. The Balaban J connectivity index is 3.37. The SMILES string of the molecule is CCCCC(Cl)CCCP(=O)(O)O. The Labute approximate surface area is 84.6 Å². The van der Waals surface area contributed by atoms with Gasteiger partial charge in [-0.1, -0.05) is 19.8 Å². The molecule has 5 heteroatoms. The van der Waals surface area contributed by atoms with E-state index in [4.69, 9.17) is 21.4 Å². The normalized spacial score (nSPS) is 14.5. The number of halogens is 1. The number of hydrogen-bond acceptors (Lipinski definition) is 1. The molecule has 0 heterocycles. The zero-order chi connectivity index (χ0) is 10.3. The van der Waals surface area contributed by atoms with Crippen molar-refractivity contribution < 1.29 is 14.4 Å². The van der Waals surface area contributed by atoms with Crippen molar-refractivity contribution in [2.75, 3.05) is 6.16 Å². The molecular formula is C8H18ClO3P. The summed E-state index contributed by atoms with van der Waals surface area (Å²) in [5.74, 6) is 0. The van der Waals surface area contributed by atoms with E-state index in [0.717, 1.165) is 19.3 Å². The molecule has 0 aromatic heterocycles. The topological polar surface area (TPSA) is 57.5 Å². The lowest BCUT2D eigenvalue weighted by Gasteiger charge is -2.08. The molecule has 0 bridgehead atoms. The van der Waals surface area contributed by atoms with E-state index in [1.54, 1.807) is 0 Å². The van der Waals surface area contributed by atoms with E-state index in [1.165, 1.54) is 0 Å². The largest absolute Gasteiger partial charge is 0.325 e. The van der Waals surface area contributed by atoms with Crippen LogP contribution >= 0.6 is 19.2 Å². The van der Waals surface area contributed by atoms with Crippen LogP contribution in [0, 0.1) is 0 Å². The summed E-state index contributed by atoms with van der Waals surface area (Å²) in [6.45, 7) is 2.10. The minimum atomic E-state index is -3.81. The highest BCUT2D eigenvalue weighted by Crippen LogP contribution is 2.35. The second-order valence-electron chi connectivity index (χ2n) is 3.27. The number of hydrogen-bond donors (Lipinski definition) is 2. The highest BCUT2D eigenvalue weighted by atomic mass is 35.5. The van der Waals surface area contributed by atoms with Gasteiger partial charge in [-0.05, 0) is 19.3 Å². The second kappa shape index (κ2) is 6.83. The average molecular weight is 229 g/mol. The molecule has 1 unspecified atom stereocenters. The molecule has 0 radical (unpaired) electrons. The van der Waals surface area contributed by atoms with Crippen molar-refractivity contribution in [3.05, 3.63) is 0 Å². The lowest BCUT2D eigenvalue weighted by atomic mass is 10.1. The van der Waals surface area contributed by atoms with Gasteiger partial charge in [0.2, 0.25) is 0 Å². The first kappa shape index (κ1) is 13.4. The van der Waals surface area contributed by atoms with Crippen molar-refractivity contribution in [3.8, 4) is 0 Å². The molecule has 0 aliphatic rings. The Kier molecular flexibility index (Phi) is 7.06. The van der Waals surface area contributed by atoms with Gasteiger partial charge in [0.25, 0.3) is 0 Å². The fourth-order valence-corrected chi connectivity index (χ4v) is 1.99. The standard InChI is InChI=1S/C8H18ClO3P/c1-2-3-5-8(9)6-4-7-13(10,11)12/h8H,2-7H2,1H3,(H2,10,11,12). The van der Waals surface area contributed by atoms with Crippen LogP contribution in [-0.4, -0.2) is 21.3 Å². The molecule has 0 rings (SSSR count). The highest BCUT2D eigenvalue weighted by Gasteiger charge is 2.13. The van der Waals surface area contributed by atoms with Crippen LogP contribution in [0.1, 0.15) is 39.0 Å². The Hall–Kier alpha value is 0.440. The highest BCUT2D eigenvalue weighted by molar-refractivity contribution is 7.51. The monoisotopic (exact) mass is 228 g/mol. The minimum absolute atomic E-state index is 0.0393. The van der Waals surface area contributed by atoms with Gasteiger partial charge >= 0.3 is 7.60 Å². The molecule has 0 spiro atoms. The molecule has 2 N–H and O–H groups in total. The maximum Gasteiger partial charge on any atom is 0.325 e. The van der Waals surface area contributed by atoms with Gasteiger partial charge < -0.3 is 9.79 Å². The van der Waals surface area contributed by atoms with Crippen molar-refractivity contribution >= 4 is 19.2 Å². The predicted molar refractivity (Wildman–Crippen MR) is 55.3 cm³/mol. The zero-order valence-corrected chi connectivity index (χ0v) is 9.60. The summed E-state index contributed by atoms with van der Waals surface area (Å²) in [7, 11) is -3.81. The average Bonchev–Trinajstić information content (AvgIpc) is 1.98. The van der Waals surface area contributed by atoms with Crippen LogP contribution in [0.5, 0.6) is 0 Å². The molecule has 0 saturated carbocycles. The van der Waals surface area contributed by atoms with E-state index in [1.807, 2.05) is 0 Å². The summed E-state index contributed by atoms with van der Waals surface area (Å²) in [5.41, 5.74) is 0. The molecule has 0 amide bonds. The van der Waals surface area contributed by atoms with Gasteiger partial charge in [-0.15, -0.1) is 11.6 Å². The first-order chi connectivity index (χ1) is 5.95. The van der Waals surface area contributed by atoms with Gasteiger partial charge in [-0.25, -0.2) is 0 Å². The molecule has 0 fully saturated rings.